The first kappa shape index (κ1) is 16.9. The monoisotopic (exact) mass is 244 g/mol. The van der Waals surface area contributed by atoms with E-state index in [1.807, 2.05) is 0 Å². The minimum Gasteiger partial charge on any atom is -0.383 e. The maximum atomic E-state index is 5.16. The zero-order valence-electron chi connectivity index (χ0n) is 12.7. The Morgan fingerprint density at radius 1 is 1.24 bits per heavy atom. The van der Waals surface area contributed by atoms with Crippen LogP contribution in [0.5, 0.6) is 0 Å². The number of hydrogen-bond acceptors (Lipinski definition) is 3. The number of hydrogen-bond donors (Lipinski definition) is 1. The summed E-state index contributed by atoms with van der Waals surface area (Å²) in [4.78, 5) is 2.48. The van der Waals surface area contributed by atoms with Gasteiger partial charge in [-0.3, -0.25) is 4.90 Å². The number of ether oxygens (including phenoxy) is 1. The first-order valence-electron chi connectivity index (χ1n) is 6.87. The molecule has 3 nitrogen and oxygen atoms in total. The maximum absolute atomic E-state index is 5.16. The lowest BCUT2D eigenvalue weighted by Gasteiger charge is -2.28. The highest BCUT2D eigenvalue weighted by molar-refractivity contribution is 4.75. The van der Waals surface area contributed by atoms with Crippen LogP contribution in [0.25, 0.3) is 0 Å². The third kappa shape index (κ3) is 9.57. The normalized spacial score (nSPS) is 12.7. The molecule has 1 N–H and O–H groups in total. The number of nitrogens with one attached hydrogen (secondary N) is 1. The van der Waals surface area contributed by atoms with Crippen LogP contribution in [-0.4, -0.2) is 50.3 Å². The Kier molecular flexibility index (Phi) is 8.83. The molecule has 0 aliphatic rings. The Bertz CT molecular complexity index is 181. The molecule has 0 amide bonds. The van der Waals surface area contributed by atoms with Gasteiger partial charge in [-0.15, -0.1) is 0 Å². The topological polar surface area (TPSA) is 24.5 Å². The zero-order valence-corrected chi connectivity index (χ0v) is 12.7. The van der Waals surface area contributed by atoms with Crippen molar-refractivity contribution in [3.8, 4) is 0 Å². The van der Waals surface area contributed by atoms with Gasteiger partial charge >= 0.3 is 0 Å². The first-order valence-corrected chi connectivity index (χ1v) is 6.87. The van der Waals surface area contributed by atoms with Crippen molar-refractivity contribution in [2.75, 3.05) is 39.9 Å². The summed E-state index contributed by atoms with van der Waals surface area (Å²) in [5.74, 6) is 0.714. The summed E-state index contributed by atoms with van der Waals surface area (Å²) < 4.78 is 5.16. The van der Waals surface area contributed by atoms with Gasteiger partial charge in [0.25, 0.3) is 0 Å². The predicted molar refractivity (Wildman–Crippen MR) is 75.5 cm³/mol. The molecule has 0 saturated heterocycles. The summed E-state index contributed by atoms with van der Waals surface area (Å²) >= 11 is 0. The molecule has 0 bridgehead atoms. The summed E-state index contributed by atoms with van der Waals surface area (Å²) in [7, 11) is 1.77. The van der Waals surface area contributed by atoms with Gasteiger partial charge in [-0.1, -0.05) is 20.8 Å². The van der Waals surface area contributed by atoms with Crippen molar-refractivity contribution in [1.82, 2.24) is 10.2 Å². The lowest BCUT2D eigenvalue weighted by atomic mass is 10.0. The van der Waals surface area contributed by atoms with Crippen molar-refractivity contribution >= 4 is 0 Å². The van der Waals surface area contributed by atoms with Crippen LogP contribution in [0, 0.1) is 5.92 Å². The van der Waals surface area contributed by atoms with Gasteiger partial charge < -0.3 is 10.1 Å². The Morgan fingerprint density at radius 3 is 2.35 bits per heavy atom. The quantitative estimate of drug-likeness (QED) is 0.638. The third-order valence-corrected chi connectivity index (χ3v) is 3.15. The van der Waals surface area contributed by atoms with E-state index in [4.69, 9.17) is 4.74 Å². The molecule has 0 saturated carbocycles. The molecule has 0 aliphatic heterocycles. The van der Waals surface area contributed by atoms with Gasteiger partial charge in [0.2, 0.25) is 0 Å². The summed E-state index contributed by atoms with van der Waals surface area (Å²) in [5, 5.41) is 3.61. The second-order valence-electron chi connectivity index (χ2n) is 5.85. The molecule has 0 aromatic heterocycles. The molecule has 0 aromatic rings. The SMILES string of the molecule is CCC(C)(C)NCCN(CCOC)CC(C)C. The van der Waals surface area contributed by atoms with E-state index in [1.54, 1.807) is 7.11 Å². The molecule has 17 heavy (non-hydrogen) atoms. The largest absolute Gasteiger partial charge is 0.383 e. The van der Waals surface area contributed by atoms with E-state index >= 15 is 0 Å². The minimum atomic E-state index is 0.255. The van der Waals surface area contributed by atoms with Gasteiger partial charge in [-0.25, -0.2) is 0 Å². The Hall–Kier alpha value is -0.120. The fraction of sp³-hybridized carbons (Fsp3) is 1.00. The van der Waals surface area contributed by atoms with E-state index in [9.17, 15) is 0 Å². The third-order valence-electron chi connectivity index (χ3n) is 3.15. The van der Waals surface area contributed by atoms with Gasteiger partial charge in [0.05, 0.1) is 6.61 Å². The van der Waals surface area contributed by atoms with Gasteiger partial charge in [0.15, 0.2) is 0 Å². The highest BCUT2D eigenvalue weighted by Crippen LogP contribution is 2.06. The molecule has 0 heterocycles. The summed E-state index contributed by atoms with van der Waals surface area (Å²) in [5.41, 5.74) is 0.255. The van der Waals surface area contributed by atoms with Crippen molar-refractivity contribution in [1.29, 1.82) is 0 Å². The van der Waals surface area contributed by atoms with Crippen LogP contribution >= 0.6 is 0 Å². The maximum Gasteiger partial charge on any atom is 0.0589 e. The van der Waals surface area contributed by atoms with Crippen molar-refractivity contribution < 1.29 is 4.74 Å². The second kappa shape index (κ2) is 8.90. The summed E-state index contributed by atoms with van der Waals surface area (Å²) in [6.07, 6.45) is 1.16. The van der Waals surface area contributed by atoms with Gasteiger partial charge in [0, 0.05) is 38.8 Å². The molecular weight excluding hydrogens is 212 g/mol. The molecule has 104 valence electrons. The Balaban J connectivity index is 3.90. The average Bonchev–Trinajstić information content (AvgIpc) is 2.24. The number of methoxy groups -OCH3 is 1. The highest BCUT2D eigenvalue weighted by atomic mass is 16.5. The van der Waals surface area contributed by atoms with Crippen LogP contribution in [0.15, 0.2) is 0 Å². The summed E-state index contributed by atoms with van der Waals surface area (Å²) in [6, 6.07) is 0. The molecule has 3 heteroatoms. The molecule has 0 unspecified atom stereocenters. The van der Waals surface area contributed by atoms with Crippen LogP contribution in [-0.2, 0) is 4.74 Å². The van der Waals surface area contributed by atoms with Crippen molar-refractivity contribution in [3.05, 3.63) is 0 Å². The zero-order chi connectivity index (χ0) is 13.3. The van der Waals surface area contributed by atoms with E-state index in [0.29, 0.717) is 5.92 Å². The first-order chi connectivity index (χ1) is 7.91. The Morgan fingerprint density at radius 2 is 1.88 bits per heavy atom. The number of nitrogens with zero attached hydrogens (tertiary/aromatic N) is 1. The molecule has 0 fully saturated rings. The molecule has 0 radical (unpaired) electrons. The van der Waals surface area contributed by atoms with E-state index < -0.39 is 0 Å². The predicted octanol–water partition coefficient (Wildman–Crippen LogP) is 2.37. The van der Waals surface area contributed by atoms with Crippen molar-refractivity contribution in [2.45, 2.75) is 46.6 Å². The minimum absolute atomic E-state index is 0.255. The lowest BCUT2D eigenvalue weighted by molar-refractivity contribution is 0.138. The van der Waals surface area contributed by atoms with E-state index in [2.05, 4.69) is 44.8 Å². The van der Waals surface area contributed by atoms with Gasteiger partial charge in [-0.2, -0.15) is 0 Å². The fourth-order valence-electron chi connectivity index (χ4n) is 1.71. The van der Waals surface area contributed by atoms with Gasteiger partial charge in [-0.05, 0) is 26.2 Å². The fourth-order valence-corrected chi connectivity index (χ4v) is 1.71. The lowest BCUT2D eigenvalue weighted by Crippen LogP contribution is -2.44. The molecule has 0 atom stereocenters. The van der Waals surface area contributed by atoms with Crippen LogP contribution < -0.4 is 5.32 Å². The van der Waals surface area contributed by atoms with E-state index in [1.165, 1.54) is 0 Å². The molecule has 0 aromatic carbocycles. The molecule has 0 aliphatic carbocycles. The highest BCUT2D eigenvalue weighted by Gasteiger charge is 2.14. The van der Waals surface area contributed by atoms with E-state index in [0.717, 1.165) is 39.2 Å². The van der Waals surface area contributed by atoms with Crippen LogP contribution in [0.2, 0.25) is 0 Å². The van der Waals surface area contributed by atoms with Crippen molar-refractivity contribution in [2.24, 2.45) is 5.92 Å². The molecule has 0 spiro atoms. The standard InChI is InChI=1S/C14H32N2O/c1-7-14(4,5)15-8-9-16(10-11-17-6)12-13(2)3/h13,15H,7-12H2,1-6H3. The molecule has 0 rings (SSSR count). The van der Waals surface area contributed by atoms with Crippen LogP contribution in [0.1, 0.15) is 41.0 Å². The number of rotatable bonds is 10. The average molecular weight is 244 g/mol. The van der Waals surface area contributed by atoms with Gasteiger partial charge in [0.1, 0.15) is 0 Å². The second-order valence-corrected chi connectivity index (χ2v) is 5.85. The van der Waals surface area contributed by atoms with Crippen LogP contribution in [0.3, 0.4) is 0 Å². The molecular formula is C14H32N2O. The van der Waals surface area contributed by atoms with Crippen LogP contribution in [0.4, 0.5) is 0 Å². The smallest absolute Gasteiger partial charge is 0.0589 e. The summed E-state index contributed by atoms with van der Waals surface area (Å²) in [6.45, 7) is 16.4. The van der Waals surface area contributed by atoms with E-state index in [-0.39, 0.29) is 5.54 Å². The Labute approximate surface area is 108 Å². The van der Waals surface area contributed by atoms with Crippen molar-refractivity contribution in [3.63, 3.8) is 0 Å².